The highest BCUT2D eigenvalue weighted by Crippen LogP contribution is 2.30. The van der Waals surface area contributed by atoms with Crippen molar-refractivity contribution in [3.05, 3.63) is 52.5 Å². The highest BCUT2D eigenvalue weighted by molar-refractivity contribution is 7.10. The van der Waals surface area contributed by atoms with E-state index in [1.807, 2.05) is 19.1 Å². The van der Waals surface area contributed by atoms with Crippen LogP contribution in [0.2, 0.25) is 0 Å². The van der Waals surface area contributed by atoms with E-state index in [-0.39, 0.29) is 23.8 Å². The first-order valence-corrected chi connectivity index (χ1v) is 10.0. The molecule has 1 amide bonds. The summed E-state index contributed by atoms with van der Waals surface area (Å²) in [5.74, 6) is -0.116. The number of piperazine rings is 1. The van der Waals surface area contributed by atoms with E-state index >= 15 is 0 Å². The summed E-state index contributed by atoms with van der Waals surface area (Å²) in [6.45, 7) is 7.57. The molecule has 1 aromatic heterocycles. The van der Waals surface area contributed by atoms with Crippen LogP contribution >= 0.6 is 11.3 Å². The molecule has 0 saturated carbocycles. The number of nitrogens with one attached hydrogen (secondary N) is 1. The van der Waals surface area contributed by atoms with Gasteiger partial charge < -0.3 is 10.2 Å². The van der Waals surface area contributed by atoms with Crippen LogP contribution in [0, 0.1) is 5.82 Å². The minimum atomic E-state index is -0.203. The molecule has 1 aliphatic heterocycles. The minimum absolute atomic E-state index is 0.0541. The second kappa shape index (κ2) is 8.64. The molecule has 1 saturated heterocycles. The Hall–Kier alpha value is -1.92. The highest BCUT2D eigenvalue weighted by Gasteiger charge is 2.30. The van der Waals surface area contributed by atoms with E-state index in [0.29, 0.717) is 6.42 Å². The van der Waals surface area contributed by atoms with Crippen molar-refractivity contribution in [1.82, 2.24) is 10.2 Å². The Morgan fingerprint density at radius 2 is 1.88 bits per heavy atom. The smallest absolute Gasteiger partial charge is 0.219 e. The molecule has 26 heavy (non-hydrogen) atoms. The average Bonchev–Trinajstić information content (AvgIpc) is 3.17. The molecule has 6 heteroatoms. The predicted molar refractivity (Wildman–Crippen MR) is 105 cm³/mol. The van der Waals surface area contributed by atoms with Gasteiger partial charge >= 0.3 is 0 Å². The fourth-order valence-corrected chi connectivity index (χ4v) is 4.51. The molecule has 0 radical (unpaired) electrons. The Bertz CT molecular complexity index is 696. The van der Waals surface area contributed by atoms with Crippen molar-refractivity contribution < 1.29 is 9.18 Å². The molecule has 2 heterocycles. The first kappa shape index (κ1) is 18.9. The summed E-state index contributed by atoms with van der Waals surface area (Å²) in [4.78, 5) is 17.9. The van der Waals surface area contributed by atoms with Crippen LogP contribution in [-0.2, 0) is 4.79 Å². The van der Waals surface area contributed by atoms with E-state index in [0.717, 1.165) is 31.9 Å². The summed E-state index contributed by atoms with van der Waals surface area (Å²) in [5, 5.41) is 5.22. The number of anilines is 1. The van der Waals surface area contributed by atoms with Gasteiger partial charge in [-0.1, -0.05) is 13.0 Å². The van der Waals surface area contributed by atoms with Crippen LogP contribution in [0.15, 0.2) is 41.8 Å². The number of thiophene rings is 1. The number of benzene rings is 1. The van der Waals surface area contributed by atoms with Gasteiger partial charge in [-0.05, 0) is 42.6 Å². The van der Waals surface area contributed by atoms with Crippen molar-refractivity contribution >= 4 is 22.9 Å². The van der Waals surface area contributed by atoms with Gasteiger partial charge in [0.2, 0.25) is 5.91 Å². The zero-order chi connectivity index (χ0) is 18.5. The zero-order valence-corrected chi connectivity index (χ0v) is 16.1. The molecule has 3 rings (SSSR count). The summed E-state index contributed by atoms with van der Waals surface area (Å²) >= 11 is 1.74. The van der Waals surface area contributed by atoms with Crippen molar-refractivity contribution in [2.45, 2.75) is 32.4 Å². The van der Waals surface area contributed by atoms with Gasteiger partial charge in [0.15, 0.2) is 0 Å². The number of halogens is 1. The number of amides is 1. The molecule has 2 aromatic rings. The van der Waals surface area contributed by atoms with Crippen LogP contribution in [-0.4, -0.2) is 43.0 Å². The number of hydrogen-bond donors (Lipinski definition) is 1. The Kier molecular flexibility index (Phi) is 6.27. The van der Waals surface area contributed by atoms with E-state index in [9.17, 15) is 9.18 Å². The van der Waals surface area contributed by atoms with Crippen molar-refractivity contribution in [3.8, 4) is 0 Å². The summed E-state index contributed by atoms with van der Waals surface area (Å²) in [7, 11) is 0. The maximum atomic E-state index is 13.1. The fraction of sp³-hybridized carbons (Fsp3) is 0.450. The molecular formula is C20H26FN3OS. The molecule has 1 aromatic carbocycles. The van der Waals surface area contributed by atoms with E-state index in [4.69, 9.17) is 0 Å². The zero-order valence-electron chi connectivity index (χ0n) is 15.3. The molecule has 1 N–H and O–H groups in total. The minimum Gasteiger partial charge on any atom is -0.369 e. The third-order valence-electron chi connectivity index (χ3n) is 4.92. The SMILES string of the molecule is CCC(=O)N[C@H](C)[C@H](c1cccs1)N1CCN(c2ccc(F)cc2)CC1. The summed E-state index contributed by atoms with van der Waals surface area (Å²) in [6.07, 6.45) is 0.500. The Balaban J connectivity index is 1.69. The van der Waals surface area contributed by atoms with Gasteiger partial charge in [-0.2, -0.15) is 0 Å². The monoisotopic (exact) mass is 375 g/mol. The largest absolute Gasteiger partial charge is 0.369 e. The first-order chi connectivity index (χ1) is 12.6. The number of carbonyl (C=O) groups excluding carboxylic acids is 1. The maximum absolute atomic E-state index is 13.1. The van der Waals surface area contributed by atoms with Gasteiger partial charge in [0.05, 0.1) is 6.04 Å². The van der Waals surface area contributed by atoms with Gasteiger partial charge in [-0.3, -0.25) is 9.69 Å². The predicted octanol–water partition coefficient (Wildman–Crippen LogP) is 3.67. The van der Waals surface area contributed by atoms with Gasteiger partial charge in [0.1, 0.15) is 5.82 Å². The van der Waals surface area contributed by atoms with Crippen LogP contribution in [0.3, 0.4) is 0 Å². The maximum Gasteiger partial charge on any atom is 0.219 e. The number of carbonyl (C=O) groups is 1. The number of nitrogens with zero attached hydrogens (tertiary/aromatic N) is 2. The molecule has 4 nitrogen and oxygen atoms in total. The summed E-state index contributed by atoms with van der Waals surface area (Å²) in [5.41, 5.74) is 1.06. The van der Waals surface area contributed by atoms with Gasteiger partial charge in [0, 0.05) is 49.2 Å². The lowest BCUT2D eigenvalue weighted by Gasteiger charge is -2.42. The lowest BCUT2D eigenvalue weighted by Crippen LogP contribution is -2.52. The van der Waals surface area contributed by atoms with Crippen LogP contribution in [0.25, 0.3) is 0 Å². The molecular weight excluding hydrogens is 349 g/mol. The Morgan fingerprint density at radius 3 is 2.46 bits per heavy atom. The lowest BCUT2D eigenvalue weighted by atomic mass is 10.0. The number of rotatable bonds is 6. The lowest BCUT2D eigenvalue weighted by molar-refractivity contribution is -0.121. The van der Waals surface area contributed by atoms with E-state index in [1.165, 1.54) is 17.0 Å². The van der Waals surface area contributed by atoms with E-state index < -0.39 is 0 Å². The van der Waals surface area contributed by atoms with Crippen molar-refractivity contribution in [2.24, 2.45) is 0 Å². The van der Waals surface area contributed by atoms with Crippen molar-refractivity contribution in [3.63, 3.8) is 0 Å². The summed E-state index contributed by atoms with van der Waals surface area (Å²) < 4.78 is 13.1. The van der Waals surface area contributed by atoms with Crippen LogP contribution in [0.5, 0.6) is 0 Å². The number of hydrogen-bond acceptors (Lipinski definition) is 4. The van der Waals surface area contributed by atoms with Crippen LogP contribution < -0.4 is 10.2 Å². The molecule has 1 fully saturated rings. The van der Waals surface area contributed by atoms with Gasteiger partial charge in [-0.15, -0.1) is 11.3 Å². The molecule has 2 atom stereocenters. The third-order valence-corrected chi connectivity index (χ3v) is 5.86. The van der Waals surface area contributed by atoms with E-state index in [1.54, 1.807) is 11.3 Å². The van der Waals surface area contributed by atoms with Crippen molar-refractivity contribution in [1.29, 1.82) is 0 Å². The molecule has 140 valence electrons. The second-order valence-corrected chi connectivity index (χ2v) is 7.65. The normalized spacial score (nSPS) is 17.7. The fourth-order valence-electron chi connectivity index (χ4n) is 3.55. The molecule has 0 spiro atoms. The standard InChI is InChI=1S/C20H26FN3OS/c1-3-19(25)22-15(2)20(18-5-4-14-26-18)24-12-10-23(11-13-24)17-8-6-16(21)7-9-17/h4-9,14-15,20H,3,10-13H2,1-2H3,(H,22,25)/t15-,20-/m1/s1. The van der Waals surface area contributed by atoms with Crippen molar-refractivity contribution in [2.75, 3.05) is 31.1 Å². The molecule has 1 aliphatic rings. The average molecular weight is 376 g/mol. The quantitative estimate of drug-likeness (QED) is 0.837. The third kappa shape index (κ3) is 4.43. The molecule has 0 unspecified atom stereocenters. The molecule has 0 aliphatic carbocycles. The van der Waals surface area contributed by atoms with Crippen LogP contribution in [0.1, 0.15) is 31.2 Å². The Morgan fingerprint density at radius 1 is 1.19 bits per heavy atom. The topological polar surface area (TPSA) is 35.6 Å². The highest BCUT2D eigenvalue weighted by atomic mass is 32.1. The van der Waals surface area contributed by atoms with Gasteiger partial charge in [-0.25, -0.2) is 4.39 Å². The first-order valence-electron chi connectivity index (χ1n) is 9.16. The Labute approximate surface area is 158 Å². The second-order valence-electron chi connectivity index (χ2n) is 6.67. The summed E-state index contributed by atoms with van der Waals surface area (Å²) in [6, 6.07) is 11.2. The van der Waals surface area contributed by atoms with Crippen LogP contribution in [0.4, 0.5) is 10.1 Å². The van der Waals surface area contributed by atoms with Gasteiger partial charge in [0.25, 0.3) is 0 Å². The molecule has 0 bridgehead atoms. The van der Waals surface area contributed by atoms with E-state index in [2.05, 4.69) is 39.6 Å².